The normalized spacial score (nSPS) is 18.7. The average molecular weight is 276 g/mol. The topological polar surface area (TPSA) is 41.6 Å². The monoisotopic (exact) mass is 276 g/mol. The molecule has 0 saturated carbocycles. The van der Waals surface area contributed by atoms with Gasteiger partial charge in [0.1, 0.15) is 0 Å². The zero-order valence-corrected chi connectivity index (χ0v) is 12.4. The standard InChI is InChI=1S/C16H24N2O2/c1-3-20-15(19)16(17-2,13-18-11-7-8-12-18)14-9-5-4-6-10-14/h4-6,9-10,17H,3,7-8,11-13H2,1-2H3. The van der Waals surface area contributed by atoms with Gasteiger partial charge in [0.15, 0.2) is 5.54 Å². The number of ether oxygens (including phenoxy) is 1. The van der Waals surface area contributed by atoms with E-state index in [9.17, 15) is 4.79 Å². The predicted molar refractivity (Wildman–Crippen MR) is 79.5 cm³/mol. The van der Waals surface area contributed by atoms with Crippen molar-refractivity contribution in [3.8, 4) is 0 Å². The second-order valence-electron chi connectivity index (χ2n) is 5.23. The van der Waals surface area contributed by atoms with Crippen molar-refractivity contribution in [3.05, 3.63) is 35.9 Å². The molecule has 0 amide bonds. The molecule has 2 rings (SSSR count). The van der Waals surface area contributed by atoms with Gasteiger partial charge >= 0.3 is 5.97 Å². The molecule has 0 spiro atoms. The maximum atomic E-state index is 12.6. The zero-order chi connectivity index (χ0) is 14.4. The molecule has 4 heteroatoms. The maximum absolute atomic E-state index is 12.6. The van der Waals surface area contributed by atoms with E-state index in [1.54, 1.807) is 0 Å². The van der Waals surface area contributed by atoms with Crippen LogP contribution in [0.1, 0.15) is 25.3 Å². The lowest BCUT2D eigenvalue weighted by molar-refractivity contribution is -0.152. The van der Waals surface area contributed by atoms with Gasteiger partial charge in [0, 0.05) is 6.54 Å². The van der Waals surface area contributed by atoms with Crippen molar-refractivity contribution in [3.63, 3.8) is 0 Å². The summed E-state index contributed by atoms with van der Waals surface area (Å²) < 4.78 is 5.33. The molecule has 1 fully saturated rings. The van der Waals surface area contributed by atoms with Gasteiger partial charge < -0.3 is 15.0 Å². The number of carbonyl (C=O) groups excluding carboxylic acids is 1. The number of nitrogens with zero attached hydrogens (tertiary/aromatic N) is 1. The van der Waals surface area contributed by atoms with Crippen LogP contribution in [0, 0.1) is 0 Å². The molecule has 1 aliphatic rings. The van der Waals surface area contributed by atoms with Crippen LogP contribution in [-0.4, -0.2) is 44.2 Å². The number of hydrogen-bond acceptors (Lipinski definition) is 4. The molecule has 0 aromatic heterocycles. The molecule has 1 saturated heterocycles. The van der Waals surface area contributed by atoms with E-state index in [1.165, 1.54) is 12.8 Å². The first-order valence-electron chi connectivity index (χ1n) is 7.37. The Morgan fingerprint density at radius 3 is 2.50 bits per heavy atom. The van der Waals surface area contributed by atoms with Gasteiger partial charge in [-0.1, -0.05) is 30.3 Å². The third-order valence-electron chi connectivity index (χ3n) is 3.98. The van der Waals surface area contributed by atoms with E-state index in [0.717, 1.165) is 18.7 Å². The van der Waals surface area contributed by atoms with E-state index >= 15 is 0 Å². The number of likely N-dealkylation sites (N-methyl/N-ethyl adjacent to an activating group) is 1. The number of esters is 1. The van der Waals surface area contributed by atoms with E-state index in [2.05, 4.69) is 10.2 Å². The minimum absolute atomic E-state index is 0.194. The maximum Gasteiger partial charge on any atom is 0.332 e. The molecule has 20 heavy (non-hydrogen) atoms. The summed E-state index contributed by atoms with van der Waals surface area (Å²) in [7, 11) is 1.83. The van der Waals surface area contributed by atoms with Crippen molar-refractivity contribution < 1.29 is 9.53 Å². The number of hydrogen-bond donors (Lipinski definition) is 1. The van der Waals surface area contributed by atoms with Crippen LogP contribution in [0.3, 0.4) is 0 Å². The summed E-state index contributed by atoms with van der Waals surface area (Å²) in [5.74, 6) is -0.194. The van der Waals surface area contributed by atoms with Crippen LogP contribution < -0.4 is 5.32 Å². The third kappa shape index (κ3) is 3.02. The number of nitrogens with one attached hydrogen (secondary N) is 1. The number of benzene rings is 1. The molecule has 1 atom stereocenters. The first-order valence-corrected chi connectivity index (χ1v) is 7.37. The Labute approximate surface area is 121 Å². The summed E-state index contributed by atoms with van der Waals surface area (Å²) in [6, 6.07) is 9.87. The van der Waals surface area contributed by atoms with Gasteiger partial charge in [0.2, 0.25) is 0 Å². The fourth-order valence-electron chi connectivity index (χ4n) is 2.85. The Morgan fingerprint density at radius 1 is 1.30 bits per heavy atom. The smallest absolute Gasteiger partial charge is 0.332 e. The fourth-order valence-corrected chi connectivity index (χ4v) is 2.85. The summed E-state index contributed by atoms with van der Waals surface area (Å²) in [5, 5.41) is 3.23. The number of likely N-dealkylation sites (tertiary alicyclic amines) is 1. The Hall–Kier alpha value is -1.39. The van der Waals surface area contributed by atoms with Gasteiger partial charge in [-0.2, -0.15) is 0 Å². The lowest BCUT2D eigenvalue weighted by Crippen LogP contribution is -2.55. The molecule has 1 heterocycles. The van der Waals surface area contributed by atoms with Crippen molar-refractivity contribution in [2.75, 3.05) is 33.3 Å². The second-order valence-corrected chi connectivity index (χ2v) is 5.23. The second kappa shape index (κ2) is 6.86. The minimum Gasteiger partial charge on any atom is -0.464 e. The van der Waals surface area contributed by atoms with Crippen molar-refractivity contribution >= 4 is 5.97 Å². The zero-order valence-electron chi connectivity index (χ0n) is 12.4. The fraction of sp³-hybridized carbons (Fsp3) is 0.562. The molecule has 1 N–H and O–H groups in total. The highest BCUT2D eigenvalue weighted by Gasteiger charge is 2.42. The highest BCUT2D eigenvalue weighted by Crippen LogP contribution is 2.26. The van der Waals surface area contributed by atoms with Crippen LogP contribution >= 0.6 is 0 Å². The highest BCUT2D eigenvalue weighted by molar-refractivity contribution is 5.83. The predicted octanol–water partition coefficient (Wildman–Crippen LogP) is 1.76. The first kappa shape index (κ1) is 15.0. The third-order valence-corrected chi connectivity index (χ3v) is 3.98. The van der Waals surface area contributed by atoms with E-state index in [-0.39, 0.29) is 5.97 Å². The Kier molecular flexibility index (Phi) is 5.15. The quantitative estimate of drug-likeness (QED) is 0.804. The molecule has 1 aromatic rings. The van der Waals surface area contributed by atoms with Crippen LogP contribution in [0.4, 0.5) is 0 Å². The van der Waals surface area contributed by atoms with Gasteiger partial charge in [-0.15, -0.1) is 0 Å². The van der Waals surface area contributed by atoms with Crippen LogP contribution in [0.15, 0.2) is 30.3 Å². The van der Waals surface area contributed by atoms with Crippen LogP contribution in [-0.2, 0) is 15.1 Å². The Bertz CT molecular complexity index is 429. The number of carbonyl (C=O) groups is 1. The van der Waals surface area contributed by atoms with Gasteiger partial charge in [0.05, 0.1) is 6.61 Å². The summed E-state index contributed by atoms with van der Waals surface area (Å²) >= 11 is 0. The molecule has 4 nitrogen and oxygen atoms in total. The van der Waals surface area contributed by atoms with Gasteiger partial charge in [-0.25, -0.2) is 4.79 Å². The lowest BCUT2D eigenvalue weighted by Gasteiger charge is -2.35. The van der Waals surface area contributed by atoms with Crippen LogP contribution in [0.5, 0.6) is 0 Å². The number of rotatable bonds is 6. The van der Waals surface area contributed by atoms with E-state index in [4.69, 9.17) is 4.74 Å². The van der Waals surface area contributed by atoms with Crippen molar-refractivity contribution in [1.29, 1.82) is 0 Å². The summed E-state index contributed by atoms with van der Waals surface area (Å²) in [4.78, 5) is 14.9. The van der Waals surface area contributed by atoms with Crippen molar-refractivity contribution in [2.24, 2.45) is 0 Å². The molecular formula is C16H24N2O2. The van der Waals surface area contributed by atoms with E-state index < -0.39 is 5.54 Å². The minimum atomic E-state index is -0.776. The molecule has 1 unspecified atom stereocenters. The lowest BCUT2D eigenvalue weighted by atomic mass is 9.89. The molecule has 110 valence electrons. The molecule has 1 aromatic carbocycles. The average Bonchev–Trinajstić information content (AvgIpc) is 2.99. The van der Waals surface area contributed by atoms with Gasteiger partial charge in [-0.05, 0) is 45.5 Å². The molecular weight excluding hydrogens is 252 g/mol. The van der Waals surface area contributed by atoms with Crippen molar-refractivity contribution in [1.82, 2.24) is 10.2 Å². The van der Waals surface area contributed by atoms with Gasteiger partial charge in [-0.3, -0.25) is 0 Å². The van der Waals surface area contributed by atoms with Crippen LogP contribution in [0.2, 0.25) is 0 Å². The van der Waals surface area contributed by atoms with Gasteiger partial charge in [0.25, 0.3) is 0 Å². The molecule has 0 radical (unpaired) electrons. The summed E-state index contributed by atoms with van der Waals surface area (Å²) in [6.45, 7) is 5.01. The summed E-state index contributed by atoms with van der Waals surface area (Å²) in [5.41, 5.74) is 0.189. The first-order chi connectivity index (χ1) is 9.73. The summed E-state index contributed by atoms with van der Waals surface area (Å²) in [6.07, 6.45) is 2.41. The highest BCUT2D eigenvalue weighted by atomic mass is 16.5. The molecule has 1 aliphatic heterocycles. The van der Waals surface area contributed by atoms with Crippen LogP contribution in [0.25, 0.3) is 0 Å². The van der Waals surface area contributed by atoms with Crippen molar-refractivity contribution in [2.45, 2.75) is 25.3 Å². The largest absolute Gasteiger partial charge is 0.464 e. The van der Waals surface area contributed by atoms with E-state index in [0.29, 0.717) is 13.2 Å². The molecule has 0 bridgehead atoms. The Morgan fingerprint density at radius 2 is 1.95 bits per heavy atom. The SMILES string of the molecule is CCOC(=O)C(CN1CCCC1)(NC)c1ccccc1. The molecule has 0 aliphatic carbocycles. The Balaban J connectivity index is 2.31. The van der Waals surface area contributed by atoms with E-state index in [1.807, 2.05) is 44.3 Å².